The number of hydrazone groups is 1. The summed E-state index contributed by atoms with van der Waals surface area (Å²) in [6.45, 7) is 3.01. The number of hydrogen-bond acceptors (Lipinski definition) is 4. The lowest BCUT2D eigenvalue weighted by molar-refractivity contribution is 0.0955. The molecule has 0 aliphatic carbocycles. The number of benzene rings is 3. The second kappa shape index (κ2) is 10.8. The third-order valence-electron chi connectivity index (χ3n) is 4.15. The van der Waals surface area contributed by atoms with E-state index in [1.807, 2.05) is 25.1 Å². The fourth-order valence-electron chi connectivity index (χ4n) is 2.58. The topological polar surface area (TPSA) is 59.9 Å². The van der Waals surface area contributed by atoms with E-state index < -0.39 is 0 Å². The van der Waals surface area contributed by atoms with Gasteiger partial charge in [-0.25, -0.2) is 9.82 Å². The highest BCUT2D eigenvalue weighted by atomic mass is 19.1. The molecular formula is C24H23FN2O3. The molecule has 0 spiro atoms. The average molecular weight is 406 g/mol. The summed E-state index contributed by atoms with van der Waals surface area (Å²) in [5.41, 5.74) is 4.64. The number of halogens is 1. The number of rotatable bonds is 9. The van der Waals surface area contributed by atoms with E-state index in [2.05, 4.69) is 10.5 Å². The van der Waals surface area contributed by atoms with Crippen LogP contribution in [0.4, 0.5) is 4.39 Å². The number of hydrogen-bond donors (Lipinski definition) is 1. The zero-order valence-corrected chi connectivity index (χ0v) is 16.7. The first-order valence-corrected chi connectivity index (χ1v) is 9.67. The summed E-state index contributed by atoms with van der Waals surface area (Å²) >= 11 is 0. The lowest BCUT2D eigenvalue weighted by Crippen LogP contribution is -2.17. The largest absolute Gasteiger partial charge is 0.494 e. The molecule has 1 N–H and O–H groups in total. The Morgan fingerprint density at radius 2 is 1.77 bits per heavy atom. The van der Waals surface area contributed by atoms with Crippen molar-refractivity contribution in [3.63, 3.8) is 0 Å². The van der Waals surface area contributed by atoms with Crippen LogP contribution < -0.4 is 14.9 Å². The van der Waals surface area contributed by atoms with E-state index in [-0.39, 0.29) is 11.7 Å². The van der Waals surface area contributed by atoms with E-state index in [4.69, 9.17) is 9.47 Å². The van der Waals surface area contributed by atoms with Gasteiger partial charge in [0.15, 0.2) is 0 Å². The van der Waals surface area contributed by atoms with Crippen LogP contribution >= 0.6 is 0 Å². The van der Waals surface area contributed by atoms with Gasteiger partial charge in [0.2, 0.25) is 0 Å². The minimum atomic E-state index is -0.308. The van der Waals surface area contributed by atoms with Crippen molar-refractivity contribution in [2.24, 2.45) is 5.10 Å². The van der Waals surface area contributed by atoms with Crippen molar-refractivity contribution in [2.45, 2.75) is 20.0 Å². The number of carbonyl (C=O) groups excluding carboxylic acids is 1. The standard InChI is InChI=1S/C24H23FN2O3/c1-2-14-29-22-12-8-20(9-13-22)24(28)27-26-16-19-4-3-5-23(15-19)30-17-18-6-10-21(25)11-7-18/h3-13,15-16H,2,14,17H2,1H3,(H,27,28)/b26-16+. The molecule has 0 aliphatic rings. The molecule has 6 heteroatoms. The van der Waals surface area contributed by atoms with Crippen LogP contribution in [-0.2, 0) is 6.61 Å². The predicted octanol–water partition coefficient (Wildman–Crippen LogP) is 4.96. The number of amides is 1. The smallest absolute Gasteiger partial charge is 0.271 e. The van der Waals surface area contributed by atoms with Crippen molar-refractivity contribution in [1.82, 2.24) is 5.43 Å². The summed E-state index contributed by atoms with van der Waals surface area (Å²) in [4.78, 5) is 12.2. The van der Waals surface area contributed by atoms with Crippen LogP contribution in [-0.4, -0.2) is 18.7 Å². The normalized spacial score (nSPS) is 10.7. The van der Waals surface area contributed by atoms with E-state index in [0.29, 0.717) is 24.5 Å². The molecule has 0 radical (unpaired) electrons. The van der Waals surface area contributed by atoms with E-state index in [9.17, 15) is 9.18 Å². The maximum absolute atomic E-state index is 13.0. The van der Waals surface area contributed by atoms with Gasteiger partial charge in [0, 0.05) is 5.56 Å². The molecule has 0 fully saturated rings. The second-order valence-corrected chi connectivity index (χ2v) is 6.56. The van der Waals surface area contributed by atoms with Gasteiger partial charge in [-0.1, -0.05) is 31.2 Å². The SMILES string of the molecule is CCCOc1ccc(C(=O)N/N=C/c2cccc(OCc3ccc(F)cc3)c2)cc1. The van der Waals surface area contributed by atoms with Gasteiger partial charge in [0.25, 0.3) is 5.91 Å². The maximum atomic E-state index is 13.0. The minimum Gasteiger partial charge on any atom is -0.494 e. The van der Waals surface area contributed by atoms with Crippen LogP contribution in [0.25, 0.3) is 0 Å². The molecule has 0 heterocycles. The molecule has 3 rings (SSSR count). The molecule has 5 nitrogen and oxygen atoms in total. The number of nitrogens with one attached hydrogen (secondary N) is 1. The highest BCUT2D eigenvalue weighted by Gasteiger charge is 2.04. The molecule has 1 amide bonds. The van der Waals surface area contributed by atoms with Gasteiger partial charge < -0.3 is 9.47 Å². The minimum absolute atomic E-state index is 0.278. The zero-order chi connectivity index (χ0) is 21.2. The van der Waals surface area contributed by atoms with E-state index in [1.165, 1.54) is 12.1 Å². The van der Waals surface area contributed by atoms with E-state index in [0.717, 1.165) is 23.3 Å². The van der Waals surface area contributed by atoms with Crippen molar-refractivity contribution in [2.75, 3.05) is 6.61 Å². The Balaban J connectivity index is 1.52. The van der Waals surface area contributed by atoms with E-state index >= 15 is 0 Å². The van der Waals surface area contributed by atoms with Crippen LogP contribution in [0.2, 0.25) is 0 Å². The Hall–Kier alpha value is -3.67. The molecule has 0 aliphatic heterocycles. The number of nitrogens with zero attached hydrogens (tertiary/aromatic N) is 1. The quantitative estimate of drug-likeness (QED) is 0.404. The van der Waals surface area contributed by atoms with Crippen LogP contribution in [0.3, 0.4) is 0 Å². The third kappa shape index (κ3) is 6.44. The molecule has 0 bridgehead atoms. The molecule has 0 saturated heterocycles. The summed E-state index contributed by atoms with van der Waals surface area (Å²) in [6.07, 6.45) is 2.47. The summed E-state index contributed by atoms with van der Waals surface area (Å²) in [5, 5.41) is 4.01. The van der Waals surface area contributed by atoms with Gasteiger partial charge >= 0.3 is 0 Å². The fraction of sp³-hybridized carbons (Fsp3) is 0.167. The van der Waals surface area contributed by atoms with Crippen molar-refractivity contribution in [3.05, 3.63) is 95.3 Å². The van der Waals surface area contributed by atoms with Crippen LogP contribution in [0, 0.1) is 5.82 Å². The lowest BCUT2D eigenvalue weighted by Gasteiger charge is -2.07. The zero-order valence-electron chi connectivity index (χ0n) is 16.7. The molecule has 3 aromatic rings. The Kier molecular flexibility index (Phi) is 7.55. The van der Waals surface area contributed by atoms with E-state index in [1.54, 1.807) is 48.7 Å². The van der Waals surface area contributed by atoms with Crippen molar-refractivity contribution in [3.8, 4) is 11.5 Å². The van der Waals surface area contributed by atoms with Gasteiger partial charge in [-0.05, 0) is 66.1 Å². The lowest BCUT2D eigenvalue weighted by atomic mass is 10.2. The Bertz CT molecular complexity index is 986. The molecule has 0 saturated carbocycles. The first-order valence-electron chi connectivity index (χ1n) is 9.67. The fourth-order valence-corrected chi connectivity index (χ4v) is 2.58. The first kappa shape index (κ1) is 21.0. The molecule has 3 aromatic carbocycles. The summed E-state index contributed by atoms with van der Waals surface area (Å²) < 4.78 is 24.2. The predicted molar refractivity (Wildman–Crippen MR) is 114 cm³/mol. The summed E-state index contributed by atoms with van der Waals surface area (Å²) in [5.74, 6) is 0.795. The van der Waals surface area contributed by atoms with Crippen LogP contribution in [0.5, 0.6) is 11.5 Å². The monoisotopic (exact) mass is 406 g/mol. The van der Waals surface area contributed by atoms with Crippen LogP contribution in [0.15, 0.2) is 77.9 Å². The van der Waals surface area contributed by atoms with Crippen molar-refractivity contribution in [1.29, 1.82) is 0 Å². The highest BCUT2D eigenvalue weighted by Crippen LogP contribution is 2.15. The Morgan fingerprint density at radius 1 is 1.00 bits per heavy atom. The molecular weight excluding hydrogens is 383 g/mol. The third-order valence-corrected chi connectivity index (χ3v) is 4.15. The molecule has 0 unspecified atom stereocenters. The Labute approximate surface area is 175 Å². The van der Waals surface area contributed by atoms with Gasteiger partial charge in [0.1, 0.15) is 23.9 Å². The molecule has 30 heavy (non-hydrogen) atoms. The maximum Gasteiger partial charge on any atom is 0.271 e. The van der Waals surface area contributed by atoms with Gasteiger partial charge in [0.05, 0.1) is 12.8 Å². The first-order chi connectivity index (χ1) is 14.6. The van der Waals surface area contributed by atoms with Crippen molar-refractivity contribution >= 4 is 12.1 Å². The molecule has 154 valence electrons. The van der Waals surface area contributed by atoms with Gasteiger partial charge in [-0.15, -0.1) is 0 Å². The van der Waals surface area contributed by atoms with Crippen LogP contribution in [0.1, 0.15) is 34.8 Å². The van der Waals surface area contributed by atoms with Gasteiger partial charge in [-0.2, -0.15) is 5.10 Å². The van der Waals surface area contributed by atoms with Gasteiger partial charge in [-0.3, -0.25) is 4.79 Å². The molecule has 0 aromatic heterocycles. The Morgan fingerprint density at radius 3 is 2.50 bits per heavy atom. The molecule has 0 atom stereocenters. The highest BCUT2D eigenvalue weighted by molar-refractivity contribution is 5.95. The average Bonchev–Trinajstić information content (AvgIpc) is 2.78. The van der Waals surface area contributed by atoms with Crippen molar-refractivity contribution < 1.29 is 18.7 Å². The summed E-state index contributed by atoms with van der Waals surface area (Å²) in [6, 6.07) is 20.4. The number of carbonyl (C=O) groups is 1. The summed E-state index contributed by atoms with van der Waals surface area (Å²) in [7, 11) is 0. The second-order valence-electron chi connectivity index (χ2n) is 6.56. The number of ether oxygens (including phenoxy) is 2.